The summed E-state index contributed by atoms with van der Waals surface area (Å²) in [5.41, 5.74) is 2.73. The van der Waals surface area contributed by atoms with E-state index in [0.29, 0.717) is 0 Å². The Hall–Kier alpha value is -1.59. The highest BCUT2D eigenvalue weighted by molar-refractivity contribution is 5.79. The summed E-state index contributed by atoms with van der Waals surface area (Å²) in [7, 11) is 3.95. The minimum atomic E-state index is 0.809. The number of morpholine rings is 1. The molecule has 0 aliphatic carbocycles. The molecule has 2 rings (SSSR count). The highest BCUT2D eigenvalue weighted by atomic mass is 16.5. The van der Waals surface area contributed by atoms with Crippen molar-refractivity contribution in [1.29, 1.82) is 0 Å². The Kier molecular flexibility index (Phi) is 8.05. The molecule has 5 nitrogen and oxygen atoms in total. The average Bonchev–Trinajstić information content (AvgIpc) is 2.62. The van der Waals surface area contributed by atoms with E-state index in [-0.39, 0.29) is 0 Å². The summed E-state index contributed by atoms with van der Waals surface area (Å²) < 4.78 is 5.44. The third kappa shape index (κ3) is 5.80. The summed E-state index contributed by atoms with van der Waals surface area (Å²) >= 11 is 0. The second kappa shape index (κ2) is 10.3. The Balaban J connectivity index is 1.93. The molecule has 1 fully saturated rings. The number of nitrogens with zero attached hydrogens (tertiary/aromatic N) is 3. The highest BCUT2D eigenvalue weighted by Gasteiger charge is 2.13. The minimum Gasteiger partial charge on any atom is -0.379 e. The van der Waals surface area contributed by atoms with E-state index in [4.69, 9.17) is 4.74 Å². The fraction of sp³-hybridized carbons (Fsp3) is 0.632. The number of hydrogen-bond donors (Lipinski definition) is 1. The predicted molar refractivity (Wildman–Crippen MR) is 100 cm³/mol. The quantitative estimate of drug-likeness (QED) is 0.614. The van der Waals surface area contributed by atoms with Crippen molar-refractivity contribution >= 4 is 5.96 Å². The maximum Gasteiger partial charge on any atom is 0.193 e. The lowest BCUT2D eigenvalue weighted by atomic mass is 10.1. The first-order chi connectivity index (χ1) is 11.7. The first kappa shape index (κ1) is 18.7. The Morgan fingerprint density at radius 3 is 2.62 bits per heavy atom. The smallest absolute Gasteiger partial charge is 0.193 e. The summed E-state index contributed by atoms with van der Waals surface area (Å²) in [4.78, 5) is 9.07. The second-order valence-electron chi connectivity index (χ2n) is 6.33. The van der Waals surface area contributed by atoms with Crippen molar-refractivity contribution in [3.8, 4) is 0 Å². The monoisotopic (exact) mass is 332 g/mol. The fourth-order valence-electron chi connectivity index (χ4n) is 2.94. The van der Waals surface area contributed by atoms with Gasteiger partial charge in [0.15, 0.2) is 5.96 Å². The molecule has 1 aliphatic heterocycles. The molecule has 0 saturated carbocycles. The van der Waals surface area contributed by atoms with Crippen LogP contribution in [0.1, 0.15) is 30.9 Å². The molecule has 0 radical (unpaired) electrons. The number of hydrogen-bond acceptors (Lipinski definition) is 3. The summed E-state index contributed by atoms with van der Waals surface area (Å²) in [6.07, 6.45) is 2.38. The Bertz CT molecular complexity index is 512. The van der Waals surface area contributed by atoms with Crippen LogP contribution < -0.4 is 5.32 Å². The molecular weight excluding hydrogens is 300 g/mol. The van der Waals surface area contributed by atoms with Crippen LogP contribution in [-0.4, -0.2) is 62.7 Å². The maximum atomic E-state index is 5.44. The van der Waals surface area contributed by atoms with E-state index in [1.165, 1.54) is 24.0 Å². The topological polar surface area (TPSA) is 40.1 Å². The van der Waals surface area contributed by atoms with Crippen LogP contribution in [0.25, 0.3) is 0 Å². The van der Waals surface area contributed by atoms with Crippen molar-refractivity contribution in [3.05, 3.63) is 35.4 Å². The summed E-state index contributed by atoms with van der Waals surface area (Å²) in [5, 5.41) is 3.50. The van der Waals surface area contributed by atoms with Gasteiger partial charge >= 0.3 is 0 Å². The third-order valence-corrected chi connectivity index (χ3v) is 4.47. The van der Waals surface area contributed by atoms with Gasteiger partial charge in [0.2, 0.25) is 0 Å². The van der Waals surface area contributed by atoms with Gasteiger partial charge in [0.25, 0.3) is 0 Å². The fourth-order valence-corrected chi connectivity index (χ4v) is 2.94. The largest absolute Gasteiger partial charge is 0.379 e. The summed E-state index contributed by atoms with van der Waals surface area (Å²) in [5.74, 6) is 0.963. The zero-order valence-corrected chi connectivity index (χ0v) is 15.4. The zero-order valence-electron chi connectivity index (χ0n) is 15.4. The van der Waals surface area contributed by atoms with Crippen LogP contribution in [0.3, 0.4) is 0 Å². The van der Waals surface area contributed by atoms with E-state index in [1.54, 1.807) is 0 Å². The summed E-state index contributed by atoms with van der Waals surface area (Å²) in [6, 6.07) is 8.68. The second-order valence-corrected chi connectivity index (χ2v) is 6.33. The average molecular weight is 332 g/mol. The predicted octanol–water partition coefficient (Wildman–Crippen LogP) is 2.33. The molecule has 0 bridgehead atoms. The number of rotatable bonds is 7. The van der Waals surface area contributed by atoms with Crippen LogP contribution in [0.5, 0.6) is 0 Å². The van der Waals surface area contributed by atoms with E-state index in [9.17, 15) is 0 Å². The van der Waals surface area contributed by atoms with Crippen molar-refractivity contribution in [2.24, 2.45) is 4.99 Å². The number of benzene rings is 1. The van der Waals surface area contributed by atoms with Crippen molar-refractivity contribution in [3.63, 3.8) is 0 Å². The van der Waals surface area contributed by atoms with Gasteiger partial charge in [-0.25, -0.2) is 0 Å². The Morgan fingerprint density at radius 1 is 1.25 bits per heavy atom. The van der Waals surface area contributed by atoms with Crippen molar-refractivity contribution in [1.82, 2.24) is 15.1 Å². The summed E-state index contributed by atoms with van der Waals surface area (Å²) in [6.45, 7) is 8.77. The normalized spacial score (nSPS) is 16.2. The van der Waals surface area contributed by atoms with Crippen LogP contribution >= 0.6 is 0 Å². The van der Waals surface area contributed by atoms with Crippen LogP contribution in [0.15, 0.2) is 29.3 Å². The SMILES string of the molecule is CCCCN(C)C(=NC)NCc1ccccc1CN1CCOCC1. The molecule has 1 heterocycles. The first-order valence-corrected chi connectivity index (χ1v) is 9.03. The first-order valence-electron chi connectivity index (χ1n) is 9.03. The van der Waals surface area contributed by atoms with Gasteiger partial charge in [-0.3, -0.25) is 9.89 Å². The number of nitrogens with one attached hydrogen (secondary N) is 1. The molecule has 134 valence electrons. The van der Waals surface area contributed by atoms with E-state index < -0.39 is 0 Å². The Labute approximate surface area is 146 Å². The third-order valence-electron chi connectivity index (χ3n) is 4.47. The molecule has 1 aromatic rings. The standard InChI is InChI=1S/C19H32N4O/c1-4-5-10-22(3)19(20-2)21-15-17-8-6-7-9-18(17)16-23-11-13-24-14-12-23/h6-9H,4-5,10-16H2,1-3H3,(H,20,21). The van der Waals surface area contributed by atoms with E-state index in [2.05, 4.69) is 58.3 Å². The van der Waals surface area contributed by atoms with Gasteiger partial charge in [-0.1, -0.05) is 37.6 Å². The number of aliphatic imine (C=N–C) groups is 1. The molecule has 1 N–H and O–H groups in total. The van der Waals surface area contributed by atoms with Gasteiger partial charge < -0.3 is 15.0 Å². The lowest BCUT2D eigenvalue weighted by Crippen LogP contribution is -2.39. The molecule has 5 heteroatoms. The van der Waals surface area contributed by atoms with Crippen molar-refractivity contribution < 1.29 is 4.74 Å². The lowest BCUT2D eigenvalue weighted by Gasteiger charge is -2.28. The van der Waals surface area contributed by atoms with Crippen molar-refractivity contribution in [2.45, 2.75) is 32.9 Å². The zero-order chi connectivity index (χ0) is 17.2. The minimum absolute atomic E-state index is 0.809. The molecule has 1 aromatic carbocycles. The van der Waals surface area contributed by atoms with Gasteiger partial charge in [0.05, 0.1) is 13.2 Å². The van der Waals surface area contributed by atoms with Crippen molar-refractivity contribution in [2.75, 3.05) is 46.9 Å². The van der Waals surface area contributed by atoms with Gasteiger partial charge in [-0.05, 0) is 17.5 Å². The molecule has 24 heavy (non-hydrogen) atoms. The molecule has 0 unspecified atom stereocenters. The maximum absolute atomic E-state index is 5.44. The number of unbranched alkanes of at least 4 members (excludes halogenated alkanes) is 1. The van der Waals surface area contributed by atoms with E-state index in [1.807, 2.05) is 7.05 Å². The van der Waals surface area contributed by atoms with Gasteiger partial charge in [-0.15, -0.1) is 0 Å². The van der Waals surface area contributed by atoms with E-state index >= 15 is 0 Å². The Morgan fingerprint density at radius 2 is 1.96 bits per heavy atom. The number of ether oxygens (including phenoxy) is 1. The van der Waals surface area contributed by atoms with Gasteiger partial charge in [-0.2, -0.15) is 0 Å². The van der Waals surface area contributed by atoms with Crippen LogP contribution in [0.4, 0.5) is 0 Å². The van der Waals surface area contributed by atoms with Gasteiger partial charge in [0, 0.05) is 46.8 Å². The lowest BCUT2D eigenvalue weighted by molar-refractivity contribution is 0.0341. The number of guanidine groups is 1. The van der Waals surface area contributed by atoms with Gasteiger partial charge in [0.1, 0.15) is 0 Å². The molecule has 1 aliphatic rings. The van der Waals surface area contributed by atoms with Crippen LogP contribution in [-0.2, 0) is 17.8 Å². The molecule has 0 amide bonds. The molecule has 1 saturated heterocycles. The molecule has 0 aromatic heterocycles. The molecule has 0 atom stereocenters. The van der Waals surface area contributed by atoms with E-state index in [0.717, 1.165) is 51.9 Å². The molecular formula is C19H32N4O. The van der Waals surface area contributed by atoms with Crippen LogP contribution in [0, 0.1) is 0 Å². The molecule has 0 spiro atoms. The highest BCUT2D eigenvalue weighted by Crippen LogP contribution is 2.13. The van der Waals surface area contributed by atoms with Crippen LogP contribution in [0.2, 0.25) is 0 Å².